The van der Waals surface area contributed by atoms with E-state index in [-0.39, 0.29) is 48.1 Å². The van der Waals surface area contributed by atoms with Gasteiger partial charge >= 0.3 is 0 Å². The third kappa shape index (κ3) is 9.23. The van der Waals surface area contributed by atoms with Crippen LogP contribution in [0.2, 0.25) is 0 Å². The van der Waals surface area contributed by atoms with Crippen LogP contribution in [0.1, 0.15) is 78.9 Å². The molecule has 3 amide bonds. The van der Waals surface area contributed by atoms with Gasteiger partial charge in [0.1, 0.15) is 0 Å². The van der Waals surface area contributed by atoms with Gasteiger partial charge in [-0.1, -0.05) is 71.4 Å². The molecular formula is C33H56N4O6. The van der Waals surface area contributed by atoms with Gasteiger partial charge in [-0.3, -0.25) is 14.4 Å². The van der Waals surface area contributed by atoms with E-state index in [1.54, 1.807) is 40.0 Å². The molecule has 1 aliphatic rings. The Balaban J connectivity index is 2.17. The van der Waals surface area contributed by atoms with Crippen molar-refractivity contribution in [2.24, 2.45) is 23.5 Å². The molecule has 1 heterocycles. The summed E-state index contributed by atoms with van der Waals surface area (Å²) < 4.78 is 11.7. The number of rotatable bonds is 16. The minimum Gasteiger partial charge on any atom is -0.386 e. The van der Waals surface area contributed by atoms with Crippen LogP contribution in [-0.4, -0.2) is 96.8 Å². The summed E-state index contributed by atoms with van der Waals surface area (Å²) in [5.74, 6) is -1.03. The number of nitrogens with one attached hydrogen (secondary N) is 1. The minimum absolute atomic E-state index is 0.0183. The van der Waals surface area contributed by atoms with Crippen LogP contribution in [0.15, 0.2) is 30.3 Å². The zero-order valence-electron chi connectivity index (χ0n) is 27.7. The van der Waals surface area contributed by atoms with Gasteiger partial charge < -0.3 is 35.4 Å². The van der Waals surface area contributed by atoms with Gasteiger partial charge in [0.15, 0.2) is 0 Å². The van der Waals surface area contributed by atoms with Gasteiger partial charge in [0.2, 0.25) is 17.7 Å². The number of aliphatic hydroxyl groups excluding tert-OH is 1. The average Bonchev–Trinajstić information content (AvgIpc) is 3.49. The van der Waals surface area contributed by atoms with E-state index in [2.05, 4.69) is 19.2 Å². The van der Waals surface area contributed by atoms with E-state index in [1.807, 2.05) is 49.1 Å². The smallest absolute Gasteiger partial charge is 0.239 e. The van der Waals surface area contributed by atoms with E-state index >= 15 is 0 Å². The van der Waals surface area contributed by atoms with Crippen molar-refractivity contribution < 1.29 is 29.0 Å². The summed E-state index contributed by atoms with van der Waals surface area (Å²) in [7, 11) is 4.88. The zero-order valence-corrected chi connectivity index (χ0v) is 27.7. The third-order valence-corrected chi connectivity index (χ3v) is 9.25. The third-order valence-electron chi connectivity index (χ3n) is 9.25. The lowest BCUT2D eigenvalue weighted by atomic mass is 9.89. The molecule has 0 bridgehead atoms. The van der Waals surface area contributed by atoms with Crippen LogP contribution in [0.25, 0.3) is 0 Å². The number of methoxy groups -OCH3 is 2. The Hall–Kier alpha value is -2.53. The zero-order chi connectivity index (χ0) is 32.4. The number of hydrogen-bond acceptors (Lipinski definition) is 7. The number of ether oxygens (including phenoxy) is 2. The van der Waals surface area contributed by atoms with Gasteiger partial charge in [-0.05, 0) is 37.2 Å². The first-order valence-electron chi connectivity index (χ1n) is 15.7. The molecule has 0 aromatic heterocycles. The number of likely N-dealkylation sites (N-methyl/N-ethyl adjacent to an activating group) is 1. The normalized spacial score (nSPS) is 20.9. The van der Waals surface area contributed by atoms with Gasteiger partial charge in [0.25, 0.3) is 0 Å². The highest BCUT2D eigenvalue weighted by atomic mass is 16.5. The van der Waals surface area contributed by atoms with Crippen molar-refractivity contribution in [1.82, 2.24) is 15.1 Å². The van der Waals surface area contributed by atoms with Crippen molar-refractivity contribution in [2.75, 3.05) is 27.8 Å². The van der Waals surface area contributed by atoms with Crippen molar-refractivity contribution in [3.8, 4) is 0 Å². The van der Waals surface area contributed by atoms with Gasteiger partial charge in [0.05, 0.1) is 54.8 Å². The highest BCUT2D eigenvalue weighted by Gasteiger charge is 2.42. The van der Waals surface area contributed by atoms with Crippen molar-refractivity contribution in [3.05, 3.63) is 35.9 Å². The monoisotopic (exact) mass is 604 g/mol. The number of carbonyl (C=O) groups excluding carboxylic acids is 3. The van der Waals surface area contributed by atoms with Crippen molar-refractivity contribution in [2.45, 2.75) is 110 Å². The molecule has 1 saturated heterocycles. The van der Waals surface area contributed by atoms with Gasteiger partial charge in [-0.2, -0.15) is 0 Å². The van der Waals surface area contributed by atoms with E-state index in [0.29, 0.717) is 13.0 Å². The second-order valence-electron chi connectivity index (χ2n) is 12.5. The molecule has 1 unspecified atom stereocenters. The number of hydrogen-bond donors (Lipinski definition) is 3. The number of likely N-dealkylation sites (tertiary alicyclic amines) is 1. The Morgan fingerprint density at radius 2 is 1.72 bits per heavy atom. The summed E-state index contributed by atoms with van der Waals surface area (Å²) in [5.41, 5.74) is 6.93. The van der Waals surface area contributed by atoms with Crippen molar-refractivity contribution >= 4 is 17.7 Å². The molecular weight excluding hydrogens is 548 g/mol. The average molecular weight is 605 g/mol. The first-order valence-corrected chi connectivity index (χ1v) is 15.7. The Labute approximate surface area is 258 Å². The van der Waals surface area contributed by atoms with Crippen LogP contribution >= 0.6 is 0 Å². The Morgan fingerprint density at radius 3 is 2.26 bits per heavy atom. The lowest BCUT2D eigenvalue weighted by Gasteiger charge is -2.40. The SMILES string of the molecule is CC[C@H](C)[C@@H]([C@@H](CC(=O)N1CCC[C@H]1C(OC)[C@@H](C)C(=O)N[C@H](C)[C@@H](O)c1ccccc1)OC)N(C)C(=O)[C@@H](N)C(C)C. The number of carbonyl (C=O) groups is 3. The molecule has 0 saturated carbocycles. The highest BCUT2D eigenvalue weighted by molar-refractivity contribution is 5.83. The summed E-state index contributed by atoms with van der Waals surface area (Å²) in [6, 6.07) is 7.43. The molecule has 0 radical (unpaired) electrons. The number of amides is 3. The summed E-state index contributed by atoms with van der Waals surface area (Å²) in [4.78, 5) is 43.8. The van der Waals surface area contributed by atoms with E-state index in [4.69, 9.17) is 15.2 Å². The number of nitrogens with two attached hydrogens (primary N) is 1. The fraction of sp³-hybridized carbons (Fsp3) is 0.727. The topological polar surface area (TPSA) is 134 Å². The molecule has 10 heteroatoms. The van der Waals surface area contributed by atoms with Crippen LogP contribution in [0.4, 0.5) is 0 Å². The van der Waals surface area contributed by atoms with Crippen LogP contribution in [0.3, 0.4) is 0 Å². The molecule has 2 rings (SSSR count). The molecule has 43 heavy (non-hydrogen) atoms. The fourth-order valence-electron chi connectivity index (χ4n) is 6.20. The highest BCUT2D eigenvalue weighted by Crippen LogP contribution is 2.30. The summed E-state index contributed by atoms with van der Waals surface area (Å²) in [6.07, 6.45) is 0.474. The molecule has 0 spiro atoms. The Morgan fingerprint density at radius 1 is 1.09 bits per heavy atom. The van der Waals surface area contributed by atoms with Gasteiger partial charge in [-0.15, -0.1) is 0 Å². The van der Waals surface area contributed by atoms with Crippen LogP contribution < -0.4 is 11.1 Å². The van der Waals surface area contributed by atoms with E-state index in [0.717, 1.165) is 18.4 Å². The van der Waals surface area contributed by atoms with Crippen molar-refractivity contribution in [3.63, 3.8) is 0 Å². The molecule has 4 N–H and O–H groups in total. The Bertz CT molecular complexity index is 1020. The number of nitrogens with zero attached hydrogens (tertiary/aromatic N) is 2. The standard InChI is InChI=1S/C33H56N4O6/c1-10-21(4)29(36(7)33(41)28(34)20(2)3)26(42-8)19-27(38)37-18-14-17-25(37)31(43-9)22(5)32(40)35-23(6)30(39)24-15-12-11-13-16-24/h11-13,15-16,20-23,25-26,28-31,39H,10,14,17-19,34H2,1-9H3,(H,35,40)/t21-,22+,23+,25-,26+,28-,29-,30+,31?/m0/s1. The predicted molar refractivity (Wildman–Crippen MR) is 168 cm³/mol. The first kappa shape index (κ1) is 36.7. The first-order chi connectivity index (χ1) is 20.3. The lowest BCUT2D eigenvalue weighted by molar-refractivity contribution is -0.146. The molecule has 244 valence electrons. The summed E-state index contributed by atoms with van der Waals surface area (Å²) in [6.45, 7) is 12.1. The van der Waals surface area contributed by atoms with Crippen LogP contribution in [0, 0.1) is 17.8 Å². The second kappa shape index (κ2) is 17.1. The second-order valence-corrected chi connectivity index (χ2v) is 12.5. The van der Waals surface area contributed by atoms with E-state index in [1.165, 1.54) is 0 Å². The minimum atomic E-state index is -0.854. The maximum absolute atomic E-state index is 13.8. The molecule has 1 fully saturated rings. The van der Waals surface area contributed by atoms with E-state index in [9.17, 15) is 19.5 Å². The van der Waals surface area contributed by atoms with Gasteiger partial charge in [-0.25, -0.2) is 0 Å². The Kier molecular flexibility index (Phi) is 14.6. The molecule has 1 aliphatic heterocycles. The lowest BCUT2D eigenvalue weighted by Crippen LogP contribution is -2.56. The maximum atomic E-state index is 13.8. The van der Waals surface area contributed by atoms with Gasteiger partial charge in [0, 0.05) is 27.8 Å². The number of benzene rings is 1. The quantitative estimate of drug-likeness (QED) is 0.264. The summed E-state index contributed by atoms with van der Waals surface area (Å²) in [5, 5.41) is 13.7. The molecule has 1 aromatic rings. The predicted octanol–water partition coefficient (Wildman–Crippen LogP) is 3.13. The van der Waals surface area contributed by atoms with Crippen molar-refractivity contribution in [1.29, 1.82) is 0 Å². The molecule has 9 atom stereocenters. The largest absolute Gasteiger partial charge is 0.386 e. The number of aliphatic hydroxyl groups is 1. The molecule has 10 nitrogen and oxygen atoms in total. The van der Waals surface area contributed by atoms with E-state index < -0.39 is 36.3 Å². The fourth-order valence-corrected chi connectivity index (χ4v) is 6.20. The molecule has 1 aromatic carbocycles. The maximum Gasteiger partial charge on any atom is 0.239 e. The molecule has 0 aliphatic carbocycles. The summed E-state index contributed by atoms with van der Waals surface area (Å²) >= 11 is 0. The van der Waals surface area contributed by atoms with Crippen LogP contribution in [-0.2, 0) is 23.9 Å². The van der Waals surface area contributed by atoms with Crippen LogP contribution in [0.5, 0.6) is 0 Å².